The molecular weight excluding hydrogens is 174 g/mol. The summed E-state index contributed by atoms with van der Waals surface area (Å²) in [7, 11) is 0. The zero-order valence-corrected chi connectivity index (χ0v) is 7.82. The van der Waals surface area contributed by atoms with E-state index in [4.69, 9.17) is 10.2 Å². The molecule has 13 heavy (non-hydrogen) atoms. The quantitative estimate of drug-likeness (QED) is 0.511. The lowest BCUT2D eigenvalue weighted by atomic mass is 10.2. The van der Waals surface area contributed by atoms with Gasteiger partial charge in [-0.15, -0.1) is 0 Å². The van der Waals surface area contributed by atoms with Crippen LogP contribution in [-0.2, 0) is 4.74 Å². The van der Waals surface area contributed by atoms with Gasteiger partial charge in [0.15, 0.2) is 0 Å². The second-order valence-corrected chi connectivity index (χ2v) is 2.78. The van der Waals surface area contributed by atoms with Crippen molar-refractivity contribution in [3.63, 3.8) is 0 Å². The van der Waals surface area contributed by atoms with E-state index in [1.165, 1.54) is 0 Å². The predicted octanol–water partition coefficient (Wildman–Crippen LogP) is -0.134. The molecule has 0 saturated carbocycles. The van der Waals surface area contributed by atoms with Crippen molar-refractivity contribution in [3.05, 3.63) is 0 Å². The SMILES string of the molecule is CC(O)CCCNC(=O)OCCO. The maximum Gasteiger partial charge on any atom is 0.407 e. The predicted molar refractivity (Wildman–Crippen MR) is 47.4 cm³/mol. The van der Waals surface area contributed by atoms with Gasteiger partial charge in [0.25, 0.3) is 0 Å². The molecule has 0 aliphatic carbocycles. The Kier molecular flexibility index (Phi) is 7.33. The summed E-state index contributed by atoms with van der Waals surface area (Å²) in [5.74, 6) is 0. The highest BCUT2D eigenvalue weighted by Gasteiger charge is 2.00. The van der Waals surface area contributed by atoms with Crippen LogP contribution in [0.4, 0.5) is 4.79 Å². The van der Waals surface area contributed by atoms with E-state index in [0.29, 0.717) is 19.4 Å². The summed E-state index contributed by atoms with van der Waals surface area (Å²) in [6, 6.07) is 0. The fourth-order valence-corrected chi connectivity index (χ4v) is 0.777. The largest absolute Gasteiger partial charge is 0.447 e. The van der Waals surface area contributed by atoms with Crippen LogP contribution >= 0.6 is 0 Å². The van der Waals surface area contributed by atoms with Crippen LogP contribution in [0.15, 0.2) is 0 Å². The minimum atomic E-state index is -0.528. The molecule has 1 atom stereocenters. The molecule has 0 aromatic carbocycles. The molecule has 0 aromatic heterocycles. The van der Waals surface area contributed by atoms with E-state index in [1.54, 1.807) is 6.92 Å². The van der Waals surface area contributed by atoms with Crippen LogP contribution < -0.4 is 5.32 Å². The Morgan fingerprint density at radius 1 is 1.62 bits per heavy atom. The van der Waals surface area contributed by atoms with E-state index in [0.717, 1.165) is 0 Å². The number of ether oxygens (including phenoxy) is 1. The van der Waals surface area contributed by atoms with E-state index < -0.39 is 6.09 Å². The van der Waals surface area contributed by atoms with E-state index in [9.17, 15) is 4.79 Å². The lowest BCUT2D eigenvalue weighted by Crippen LogP contribution is -2.26. The van der Waals surface area contributed by atoms with Gasteiger partial charge in [-0.05, 0) is 19.8 Å². The first kappa shape index (κ1) is 12.2. The number of alkyl carbamates (subject to hydrolysis) is 1. The van der Waals surface area contributed by atoms with Crippen molar-refractivity contribution in [2.75, 3.05) is 19.8 Å². The number of aliphatic hydroxyl groups excluding tert-OH is 2. The first-order valence-corrected chi connectivity index (χ1v) is 4.36. The van der Waals surface area contributed by atoms with Gasteiger partial charge in [0, 0.05) is 6.54 Å². The maximum absolute atomic E-state index is 10.7. The fourth-order valence-electron chi connectivity index (χ4n) is 0.777. The lowest BCUT2D eigenvalue weighted by Gasteiger charge is -2.06. The molecule has 1 amide bonds. The Hall–Kier alpha value is -0.810. The highest BCUT2D eigenvalue weighted by molar-refractivity contribution is 5.66. The average molecular weight is 191 g/mol. The first-order valence-electron chi connectivity index (χ1n) is 4.36. The molecule has 1 unspecified atom stereocenters. The molecule has 0 aromatic rings. The van der Waals surface area contributed by atoms with Crippen LogP contribution in [0.2, 0.25) is 0 Å². The van der Waals surface area contributed by atoms with Crippen LogP contribution in [0.1, 0.15) is 19.8 Å². The van der Waals surface area contributed by atoms with Crippen molar-refractivity contribution in [2.24, 2.45) is 0 Å². The summed E-state index contributed by atoms with van der Waals surface area (Å²) < 4.78 is 4.54. The molecule has 0 radical (unpaired) electrons. The van der Waals surface area contributed by atoms with Gasteiger partial charge in [-0.1, -0.05) is 0 Å². The number of hydrogen-bond acceptors (Lipinski definition) is 4. The summed E-state index contributed by atoms with van der Waals surface area (Å²) in [5, 5.41) is 19.7. The molecule has 5 heteroatoms. The topological polar surface area (TPSA) is 78.8 Å². The zero-order valence-electron chi connectivity index (χ0n) is 7.82. The third kappa shape index (κ3) is 9.10. The van der Waals surface area contributed by atoms with Crippen LogP contribution in [0, 0.1) is 0 Å². The molecule has 3 N–H and O–H groups in total. The molecule has 0 heterocycles. The number of rotatable bonds is 6. The molecule has 0 aliphatic heterocycles. The highest BCUT2D eigenvalue weighted by atomic mass is 16.6. The summed E-state index contributed by atoms with van der Waals surface area (Å²) in [4.78, 5) is 10.7. The second kappa shape index (κ2) is 7.82. The minimum Gasteiger partial charge on any atom is -0.447 e. The van der Waals surface area contributed by atoms with E-state index in [1.807, 2.05) is 0 Å². The van der Waals surface area contributed by atoms with Gasteiger partial charge in [0.2, 0.25) is 0 Å². The van der Waals surface area contributed by atoms with Crippen LogP contribution in [-0.4, -0.2) is 42.2 Å². The van der Waals surface area contributed by atoms with Gasteiger partial charge in [-0.25, -0.2) is 4.79 Å². The van der Waals surface area contributed by atoms with Crippen molar-refractivity contribution in [1.29, 1.82) is 0 Å². The summed E-state index contributed by atoms with van der Waals surface area (Å²) >= 11 is 0. The Balaban J connectivity index is 3.17. The van der Waals surface area contributed by atoms with Crippen molar-refractivity contribution in [1.82, 2.24) is 5.32 Å². The van der Waals surface area contributed by atoms with Crippen LogP contribution in [0.5, 0.6) is 0 Å². The van der Waals surface area contributed by atoms with Gasteiger partial charge in [-0.3, -0.25) is 0 Å². The summed E-state index contributed by atoms with van der Waals surface area (Å²) in [5.41, 5.74) is 0. The standard InChI is InChI=1S/C8H17NO4/c1-7(11)3-2-4-9-8(12)13-6-5-10/h7,10-11H,2-6H2,1H3,(H,9,12). The minimum absolute atomic E-state index is 0.0161. The highest BCUT2D eigenvalue weighted by Crippen LogP contribution is 1.93. The number of hydrogen-bond donors (Lipinski definition) is 3. The lowest BCUT2D eigenvalue weighted by molar-refractivity contribution is 0.118. The van der Waals surface area contributed by atoms with Gasteiger partial charge in [0.05, 0.1) is 12.7 Å². The Labute approximate surface area is 77.7 Å². The number of carbonyl (C=O) groups is 1. The molecule has 0 rings (SSSR count). The Morgan fingerprint density at radius 2 is 2.31 bits per heavy atom. The fraction of sp³-hybridized carbons (Fsp3) is 0.875. The first-order chi connectivity index (χ1) is 6.16. The number of amides is 1. The van der Waals surface area contributed by atoms with Crippen molar-refractivity contribution >= 4 is 6.09 Å². The number of carbonyl (C=O) groups excluding carboxylic acids is 1. The Morgan fingerprint density at radius 3 is 2.85 bits per heavy atom. The van der Waals surface area contributed by atoms with E-state index in [-0.39, 0.29) is 19.3 Å². The third-order valence-corrected chi connectivity index (χ3v) is 1.39. The van der Waals surface area contributed by atoms with Gasteiger partial charge in [-0.2, -0.15) is 0 Å². The van der Waals surface area contributed by atoms with Gasteiger partial charge < -0.3 is 20.3 Å². The molecule has 0 spiro atoms. The van der Waals surface area contributed by atoms with Gasteiger partial charge >= 0.3 is 6.09 Å². The molecule has 0 bridgehead atoms. The van der Waals surface area contributed by atoms with E-state index >= 15 is 0 Å². The molecule has 0 saturated heterocycles. The molecule has 78 valence electrons. The zero-order chi connectivity index (χ0) is 10.1. The summed E-state index contributed by atoms with van der Waals surface area (Å²) in [6.45, 7) is 2.03. The number of aliphatic hydroxyl groups is 2. The third-order valence-electron chi connectivity index (χ3n) is 1.39. The smallest absolute Gasteiger partial charge is 0.407 e. The molecule has 0 fully saturated rings. The number of nitrogens with one attached hydrogen (secondary N) is 1. The maximum atomic E-state index is 10.7. The Bertz CT molecular complexity index is 138. The molecular formula is C8H17NO4. The van der Waals surface area contributed by atoms with Crippen molar-refractivity contribution < 1.29 is 19.7 Å². The molecule has 5 nitrogen and oxygen atoms in total. The van der Waals surface area contributed by atoms with Crippen molar-refractivity contribution in [2.45, 2.75) is 25.9 Å². The summed E-state index contributed by atoms with van der Waals surface area (Å²) in [6.07, 6.45) is 0.501. The average Bonchev–Trinajstić information content (AvgIpc) is 2.08. The van der Waals surface area contributed by atoms with E-state index in [2.05, 4.69) is 10.1 Å². The monoisotopic (exact) mass is 191 g/mol. The van der Waals surface area contributed by atoms with Crippen molar-refractivity contribution in [3.8, 4) is 0 Å². The molecule has 0 aliphatic rings. The van der Waals surface area contributed by atoms with Gasteiger partial charge in [0.1, 0.15) is 6.61 Å². The normalized spacial score (nSPS) is 12.2. The second-order valence-electron chi connectivity index (χ2n) is 2.78. The van der Waals surface area contributed by atoms with Crippen LogP contribution in [0.3, 0.4) is 0 Å². The van der Waals surface area contributed by atoms with Crippen LogP contribution in [0.25, 0.3) is 0 Å².